The van der Waals surface area contributed by atoms with E-state index in [1.165, 1.54) is 0 Å². The molecule has 1 aromatic carbocycles. The fourth-order valence-electron chi connectivity index (χ4n) is 4.08. The quantitative estimate of drug-likeness (QED) is 0.861. The van der Waals surface area contributed by atoms with Crippen molar-refractivity contribution in [1.82, 2.24) is 14.4 Å². The normalized spacial score (nSPS) is 23.0. The number of amides is 2. The van der Waals surface area contributed by atoms with Gasteiger partial charge in [0.1, 0.15) is 5.69 Å². The topological polar surface area (TPSA) is 45.6 Å². The van der Waals surface area contributed by atoms with Crippen molar-refractivity contribution < 1.29 is 9.59 Å². The molecule has 0 unspecified atom stereocenters. The van der Waals surface area contributed by atoms with Crippen LogP contribution in [0.25, 0.3) is 0 Å². The number of carbonyl (C=O) groups is 2. The number of piperidine rings is 1. The lowest BCUT2D eigenvalue weighted by Gasteiger charge is -2.34. The highest BCUT2D eigenvalue weighted by Gasteiger charge is 2.42. The molecule has 0 saturated carbocycles. The smallest absolute Gasteiger partial charge is 0.270 e. The van der Waals surface area contributed by atoms with Crippen molar-refractivity contribution in [3.8, 4) is 0 Å². The van der Waals surface area contributed by atoms with Crippen LogP contribution < -0.4 is 0 Å². The molecule has 5 nitrogen and oxygen atoms in total. The summed E-state index contributed by atoms with van der Waals surface area (Å²) in [6.07, 6.45) is 2.44. The van der Waals surface area contributed by atoms with E-state index in [2.05, 4.69) is 12.1 Å². The first-order valence-electron chi connectivity index (χ1n) is 8.84. The van der Waals surface area contributed by atoms with Gasteiger partial charge in [-0.1, -0.05) is 30.3 Å². The molecule has 4 rings (SSSR count). The van der Waals surface area contributed by atoms with Gasteiger partial charge < -0.3 is 14.4 Å². The van der Waals surface area contributed by atoms with Gasteiger partial charge in [-0.25, -0.2) is 0 Å². The van der Waals surface area contributed by atoms with E-state index >= 15 is 0 Å². The summed E-state index contributed by atoms with van der Waals surface area (Å²) >= 11 is 0. The second-order valence-electron chi connectivity index (χ2n) is 7.20. The third kappa shape index (κ3) is 3.06. The maximum absolute atomic E-state index is 12.7. The highest BCUT2D eigenvalue weighted by atomic mass is 16.2. The minimum atomic E-state index is 0.0731. The van der Waals surface area contributed by atoms with Gasteiger partial charge in [0.2, 0.25) is 5.91 Å². The van der Waals surface area contributed by atoms with Crippen molar-refractivity contribution in [3.63, 3.8) is 0 Å². The molecule has 2 amide bonds. The summed E-state index contributed by atoms with van der Waals surface area (Å²) in [4.78, 5) is 29.1. The van der Waals surface area contributed by atoms with Crippen molar-refractivity contribution in [3.05, 3.63) is 59.9 Å². The Bertz CT molecular complexity index is 783. The van der Waals surface area contributed by atoms with Gasteiger partial charge in [-0.05, 0) is 29.5 Å². The van der Waals surface area contributed by atoms with E-state index in [9.17, 15) is 9.59 Å². The second kappa shape index (κ2) is 6.39. The molecule has 5 heteroatoms. The van der Waals surface area contributed by atoms with Crippen LogP contribution in [0.3, 0.4) is 0 Å². The first-order valence-corrected chi connectivity index (χ1v) is 8.84. The Morgan fingerprint density at radius 3 is 2.52 bits per heavy atom. The van der Waals surface area contributed by atoms with Crippen LogP contribution in [0.5, 0.6) is 0 Å². The summed E-state index contributed by atoms with van der Waals surface area (Å²) in [6, 6.07) is 13.9. The molecule has 3 heterocycles. The number of likely N-dealkylation sites (tertiary alicyclic amines) is 2. The monoisotopic (exact) mass is 337 g/mol. The standard InChI is InChI=1S/C20H23N3O2/c1-21-9-5-8-18(21)20(25)23-12-16-10-19(24)22(13-17(16)14-23)11-15-6-3-2-4-7-15/h2-9,16-17H,10-14H2,1H3/t16-,17+/m0/s1. The van der Waals surface area contributed by atoms with Crippen LogP contribution in [0, 0.1) is 11.8 Å². The zero-order valence-corrected chi connectivity index (χ0v) is 14.5. The number of benzene rings is 1. The predicted molar refractivity (Wildman–Crippen MR) is 94.8 cm³/mol. The van der Waals surface area contributed by atoms with Crippen LogP contribution in [0.1, 0.15) is 22.5 Å². The van der Waals surface area contributed by atoms with Gasteiger partial charge in [-0.3, -0.25) is 9.59 Å². The first-order chi connectivity index (χ1) is 12.1. The van der Waals surface area contributed by atoms with Crippen LogP contribution in [-0.2, 0) is 18.4 Å². The molecular formula is C20H23N3O2. The van der Waals surface area contributed by atoms with Crippen molar-refractivity contribution in [2.75, 3.05) is 19.6 Å². The summed E-state index contributed by atoms with van der Waals surface area (Å²) in [5, 5.41) is 0. The number of fused-ring (bicyclic) bond motifs is 1. The zero-order valence-electron chi connectivity index (χ0n) is 14.5. The third-order valence-electron chi connectivity index (χ3n) is 5.49. The lowest BCUT2D eigenvalue weighted by atomic mass is 9.88. The van der Waals surface area contributed by atoms with Crippen LogP contribution >= 0.6 is 0 Å². The van der Waals surface area contributed by atoms with Gasteiger partial charge >= 0.3 is 0 Å². The highest BCUT2D eigenvalue weighted by molar-refractivity contribution is 5.93. The van der Waals surface area contributed by atoms with E-state index in [4.69, 9.17) is 0 Å². The molecule has 130 valence electrons. The minimum absolute atomic E-state index is 0.0731. The molecule has 0 aliphatic carbocycles. The summed E-state index contributed by atoms with van der Waals surface area (Å²) < 4.78 is 1.86. The molecule has 2 aromatic rings. The van der Waals surface area contributed by atoms with Crippen molar-refractivity contribution >= 4 is 11.8 Å². The Hall–Kier alpha value is -2.56. The Morgan fingerprint density at radius 2 is 1.80 bits per heavy atom. The number of hydrogen-bond donors (Lipinski definition) is 0. The number of nitrogens with zero attached hydrogens (tertiary/aromatic N) is 3. The molecule has 2 saturated heterocycles. The van der Waals surface area contributed by atoms with Crippen LogP contribution in [-0.4, -0.2) is 45.8 Å². The minimum Gasteiger partial charge on any atom is -0.347 e. The number of aryl methyl sites for hydroxylation is 1. The van der Waals surface area contributed by atoms with Gasteiger partial charge in [-0.15, -0.1) is 0 Å². The maximum Gasteiger partial charge on any atom is 0.270 e. The van der Waals surface area contributed by atoms with E-state index in [-0.39, 0.29) is 11.8 Å². The van der Waals surface area contributed by atoms with Crippen molar-refractivity contribution in [2.45, 2.75) is 13.0 Å². The van der Waals surface area contributed by atoms with Gasteiger partial charge in [0.15, 0.2) is 0 Å². The predicted octanol–water partition coefficient (Wildman–Crippen LogP) is 2.15. The van der Waals surface area contributed by atoms with Crippen molar-refractivity contribution in [1.29, 1.82) is 0 Å². The molecule has 2 aliphatic heterocycles. The molecule has 0 spiro atoms. The van der Waals surface area contributed by atoms with Crippen LogP contribution in [0.4, 0.5) is 0 Å². The first kappa shape index (κ1) is 15.9. The highest BCUT2D eigenvalue weighted by Crippen LogP contribution is 2.33. The van der Waals surface area contributed by atoms with Crippen molar-refractivity contribution in [2.24, 2.45) is 18.9 Å². The summed E-state index contributed by atoms with van der Waals surface area (Å²) in [6.45, 7) is 2.84. The Kier molecular flexibility index (Phi) is 4.07. The summed E-state index contributed by atoms with van der Waals surface area (Å²) in [5.74, 6) is 0.955. The van der Waals surface area contributed by atoms with Gasteiger partial charge in [-0.2, -0.15) is 0 Å². The van der Waals surface area contributed by atoms with E-state index < -0.39 is 0 Å². The largest absolute Gasteiger partial charge is 0.347 e. The molecule has 2 atom stereocenters. The molecule has 2 fully saturated rings. The molecular weight excluding hydrogens is 314 g/mol. The molecule has 0 radical (unpaired) electrons. The van der Waals surface area contributed by atoms with Crippen LogP contribution in [0.15, 0.2) is 48.7 Å². The fraction of sp³-hybridized carbons (Fsp3) is 0.400. The number of hydrogen-bond acceptors (Lipinski definition) is 2. The maximum atomic E-state index is 12.7. The molecule has 0 N–H and O–H groups in total. The SMILES string of the molecule is Cn1cccc1C(=O)N1C[C@H]2CN(Cc3ccccc3)C(=O)C[C@H]2C1. The average Bonchev–Trinajstić information content (AvgIpc) is 3.21. The van der Waals surface area contributed by atoms with E-state index in [1.807, 2.05) is 57.9 Å². The average molecular weight is 337 g/mol. The lowest BCUT2D eigenvalue weighted by molar-refractivity contribution is -0.136. The van der Waals surface area contributed by atoms with Crippen LogP contribution in [0.2, 0.25) is 0 Å². The molecule has 2 aliphatic rings. The molecule has 0 bridgehead atoms. The summed E-state index contributed by atoms with van der Waals surface area (Å²) in [5.41, 5.74) is 1.87. The number of rotatable bonds is 3. The molecule has 1 aromatic heterocycles. The number of aromatic nitrogens is 1. The van der Waals surface area contributed by atoms with Gasteiger partial charge in [0.25, 0.3) is 5.91 Å². The van der Waals surface area contributed by atoms with E-state index in [1.54, 1.807) is 0 Å². The lowest BCUT2D eigenvalue weighted by Crippen LogP contribution is -2.43. The third-order valence-corrected chi connectivity index (χ3v) is 5.49. The van der Waals surface area contributed by atoms with E-state index in [0.29, 0.717) is 37.0 Å². The zero-order chi connectivity index (χ0) is 17.4. The molecule has 25 heavy (non-hydrogen) atoms. The Balaban J connectivity index is 1.44. The van der Waals surface area contributed by atoms with Gasteiger partial charge in [0.05, 0.1) is 0 Å². The Labute approximate surface area is 147 Å². The second-order valence-corrected chi connectivity index (χ2v) is 7.20. The van der Waals surface area contributed by atoms with Gasteiger partial charge in [0, 0.05) is 45.8 Å². The van der Waals surface area contributed by atoms with E-state index in [0.717, 1.165) is 18.7 Å². The fourth-order valence-corrected chi connectivity index (χ4v) is 4.08. The Morgan fingerprint density at radius 1 is 1.04 bits per heavy atom. The number of carbonyl (C=O) groups excluding carboxylic acids is 2. The summed E-state index contributed by atoms with van der Waals surface area (Å²) in [7, 11) is 1.89.